The maximum atomic E-state index is 11.2. The number of nitrogens with zero attached hydrogens (tertiary/aromatic N) is 2. The number of hydrogen-bond acceptors (Lipinski definition) is 5. The Hall–Kier alpha value is -1.46. The molecule has 2 N–H and O–H groups in total. The molecule has 0 aromatic carbocycles. The minimum atomic E-state index is -1.12. The SMILES string of the molecule is COC(=O)C(C)(C)N=NC(C)(C)C(N)=O. The Kier molecular flexibility index (Phi) is 3.95. The molecule has 0 unspecified atom stereocenters. The van der Waals surface area contributed by atoms with E-state index in [9.17, 15) is 9.59 Å². The molecule has 0 spiro atoms. The van der Waals surface area contributed by atoms with Gasteiger partial charge < -0.3 is 10.5 Å². The average Bonchev–Trinajstić information content (AvgIpc) is 2.13. The molecule has 0 aliphatic rings. The van der Waals surface area contributed by atoms with Crippen LogP contribution in [0.4, 0.5) is 0 Å². The van der Waals surface area contributed by atoms with Crippen molar-refractivity contribution in [3.63, 3.8) is 0 Å². The van der Waals surface area contributed by atoms with Crippen molar-refractivity contribution in [3.05, 3.63) is 0 Å². The molecule has 0 fully saturated rings. The van der Waals surface area contributed by atoms with Crippen LogP contribution in [0.25, 0.3) is 0 Å². The molecule has 6 heteroatoms. The highest BCUT2D eigenvalue weighted by molar-refractivity contribution is 5.84. The lowest BCUT2D eigenvalue weighted by atomic mass is 10.1. The van der Waals surface area contributed by atoms with Crippen molar-refractivity contribution in [2.75, 3.05) is 7.11 Å². The molecule has 0 aromatic heterocycles. The van der Waals surface area contributed by atoms with Gasteiger partial charge in [-0.1, -0.05) is 0 Å². The summed E-state index contributed by atoms with van der Waals surface area (Å²) in [5, 5.41) is 7.52. The largest absolute Gasteiger partial charge is 0.467 e. The third-order valence-electron chi connectivity index (χ3n) is 1.84. The van der Waals surface area contributed by atoms with Gasteiger partial charge in [-0.25, -0.2) is 4.79 Å². The van der Waals surface area contributed by atoms with Crippen molar-refractivity contribution >= 4 is 11.9 Å². The fourth-order valence-corrected chi connectivity index (χ4v) is 0.590. The number of ether oxygens (including phenoxy) is 1. The molecule has 0 radical (unpaired) electrons. The summed E-state index contributed by atoms with van der Waals surface area (Å²) >= 11 is 0. The number of amides is 1. The number of azo groups is 1. The second-order valence-electron chi connectivity index (χ2n) is 4.17. The predicted octanol–water partition coefficient (Wildman–Crippen LogP) is 0.654. The molecule has 6 nitrogen and oxygen atoms in total. The van der Waals surface area contributed by atoms with Crippen molar-refractivity contribution < 1.29 is 14.3 Å². The summed E-state index contributed by atoms with van der Waals surface area (Å²) < 4.78 is 4.53. The average molecular weight is 215 g/mol. The predicted molar refractivity (Wildman–Crippen MR) is 54.2 cm³/mol. The molecule has 0 heterocycles. The molecule has 86 valence electrons. The van der Waals surface area contributed by atoms with Gasteiger partial charge in [0, 0.05) is 0 Å². The molecule has 0 bridgehead atoms. The van der Waals surface area contributed by atoms with Crippen LogP contribution in [0.5, 0.6) is 0 Å². The van der Waals surface area contributed by atoms with Gasteiger partial charge in [0.05, 0.1) is 7.11 Å². The van der Waals surface area contributed by atoms with E-state index in [2.05, 4.69) is 15.0 Å². The zero-order chi connectivity index (χ0) is 12.3. The van der Waals surface area contributed by atoms with Gasteiger partial charge >= 0.3 is 5.97 Å². The van der Waals surface area contributed by atoms with Gasteiger partial charge in [0.1, 0.15) is 0 Å². The Labute approximate surface area is 88.9 Å². The Balaban J connectivity index is 4.80. The van der Waals surface area contributed by atoms with Crippen molar-refractivity contribution in [3.8, 4) is 0 Å². The highest BCUT2D eigenvalue weighted by Crippen LogP contribution is 2.16. The summed E-state index contributed by atoms with van der Waals surface area (Å²) in [7, 11) is 1.26. The first kappa shape index (κ1) is 13.5. The lowest BCUT2D eigenvalue weighted by molar-refractivity contribution is -0.145. The second kappa shape index (κ2) is 4.37. The number of rotatable bonds is 4. The first-order valence-electron chi connectivity index (χ1n) is 4.46. The molecular weight excluding hydrogens is 198 g/mol. The molecule has 0 aliphatic heterocycles. The Bertz CT molecular complexity index is 295. The van der Waals surface area contributed by atoms with E-state index in [0.29, 0.717) is 0 Å². The van der Waals surface area contributed by atoms with Gasteiger partial charge in [0.2, 0.25) is 5.91 Å². The van der Waals surface area contributed by atoms with Gasteiger partial charge in [0.25, 0.3) is 0 Å². The Morgan fingerprint density at radius 3 is 1.80 bits per heavy atom. The van der Waals surface area contributed by atoms with Crippen molar-refractivity contribution in [2.24, 2.45) is 16.0 Å². The maximum absolute atomic E-state index is 11.2. The van der Waals surface area contributed by atoms with E-state index in [-0.39, 0.29) is 0 Å². The van der Waals surface area contributed by atoms with E-state index in [4.69, 9.17) is 5.73 Å². The number of primary amides is 1. The Morgan fingerprint density at radius 1 is 1.07 bits per heavy atom. The van der Waals surface area contributed by atoms with Crippen LogP contribution >= 0.6 is 0 Å². The third-order valence-corrected chi connectivity index (χ3v) is 1.84. The maximum Gasteiger partial charge on any atom is 0.335 e. The highest BCUT2D eigenvalue weighted by atomic mass is 16.5. The summed E-state index contributed by atoms with van der Waals surface area (Å²) in [6, 6.07) is 0. The van der Waals surface area contributed by atoms with E-state index in [1.165, 1.54) is 21.0 Å². The summed E-state index contributed by atoms with van der Waals surface area (Å²) in [5.41, 5.74) is 2.87. The third kappa shape index (κ3) is 3.65. The minimum Gasteiger partial charge on any atom is -0.467 e. The van der Waals surface area contributed by atoms with Crippen molar-refractivity contribution in [1.29, 1.82) is 0 Å². The van der Waals surface area contributed by atoms with Gasteiger partial charge in [-0.3, -0.25) is 4.79 Å². The van der Waals surface area contributed by atoms with Crippen LogP contribution in [0.2, 0.25) is 0 Å². The summed E-state index contributed by atoms with van der Waals surface area (Å²) in [4.78, 5) is 22.2. The molecule has 15 heavy (non-hydrogen) atoms. The van der Waals surface area contributed by atoms with Crippen molar-refractivity contribution in [1.82, 2.24) is 0 Å². The van der Waals surface area contributed by atoms with E-state index < -0.39 is 23.0 Å². The molecule has 0 aromatic rings. The molecular formula is C9H17N3O3. The van der Waals surface area contributed by atoms with Gasteiger partial charge in [-0.2, -0.15) is 10.2 Å². The van der Waals surface area contributed by atoms with Crippen LogP contribution in [0.1, 0.15) is 27.7 Å². The number of esters is 1. The van der Waals surface area contributed by atoms with Gasteiger partial charge in [0.15, 0.2) is 11.1 Å². The van der Waals surface area contributed by atoms with Crippen LogP contribution < -0.4 is 5.73 Å². The molecule has 0 atom stereocenters. The number of hydrogen-bond donors (Lipinski definition) is 1. The summed E-state index contributed by atoms with van der Waals surface area (Å²) in [5.74, 6) is -1.13. The lowest BCUT2D eigenvalue weighted by Gasteiger charge is -2.18. The van der Waals surface area contributed by atoms with Crippen LogP contribution in [-0.2, 0) is 14.3 Å². The Morgan fingerprint density at radius 2 is 1.47 bits per heavy atom. The van der Waals surface area contributed by atoms with E-state index in [1.807, 2.05) is 0 Å². The van der Waals surface area contributed by atoms with E-state index in [0.717, 1.165) is 0 Å². The van der Waals surface area contributed by atoms with Crippen molar-refractivity contribution in [2.45, 2.75) is 38.8 Å². The van der Waals surface area contributed by atoms with Gasteiger partial charge in [-0.15, -0.1) is 0 Å². The smallest absolute Gasteiger partial charge is 0.335 e. The highest BCUT2D eigenvalue weighted by Gasteiger charge is 2.31. The van der Waals surface area contributed by atoms with E-state index in [1.54, 1.807) is 13.8 Å². The normalized spacial score (nSPS) is 12.9. The molecule has 0 saturated heterocycles. The topological polar surface area (TPSA) is 94.1 Å². The van der Waals surface area contributed by atoms with E-state index >= 15 is 0 Å². The fraction of sp³-hybridized carbons (Fsp3) is 0.778. The summed E-state index contributed by atoms with van der Waals surface area (Å²) in [6.45, 7) is 6.12. The molecule has 1 amide bonds. The number of nitrogens with two attached hydrogens (primary N) is 1. The number of methoxy groups -OCH3 is 1. The van der Waals surface area contributed by atoms with Crippen LogP contribution in [0.3, 0.4) is 0 Å². The standard InChI is InChI=1S/C9H17N3O3/c1-8(2,6(10)13)11-12-9(3,4)7(14)15-5/h1-5H3,(H2,10,13). The number of carbonyl (C=O) groups is 2. The zero-order valence-corrected chi connectivity index (χ0v) is 9.70. The van der Waals surface area contributed by atoms with Crippen LogP contribution in [0, 0.1) is 0 Å². The molecule has 0 aliphatic carbocycles. The minimum absolute atomic E-state index is 0.522. The second-order valence-corrected chi connectivity index (χ2v) is 4.17. The fourth-order valence-electron chi connectivity index (χ4n) is 0.590. The summed E-state index contributed by atoms with van der Waals surface area (Å²) in [6.07, 6.45) is 0. The first-order chi connectivity index (χ1) is 6.63. The molecule has 0 rings (SSSR count). The lowest BCUT2D eigenvalue weighted by Crippen LogP contribution is -2.37. The zero-order valence-electron chi connectivity index (χ0n) is 9.70. The first-order valence-corrected chi connectivity index (χ1v) is 4.46. The van der Waals surface area contributed by atoms with Crippen LogP contribution in [-0.4, -0.2) is 30.1 Å². The monoisotopic (exact) mass is 215 g/mol. The van der Waals surface area contributed by atoms with Crippen LogP contribution in [0.15, 0.2) is 10.2 Å². The number of carbonyl (C=O) groups excluding carboxylic acids is 2. The quantitative estimate of drug-likeness (QED) is 0.551. The van der Waals surface area contributed by atoms with Gasteiger partial charge in [-0.05, 0) is 27.7 Å². The molecule has 0 saturated carbocycles.